The fourth-order valence-electron chi connectivity index (χ4n) is 2.25. The van der Waals surface area contributed by atoms with E-state index in [4.69, 9.17) is 11.6 Å². The second-order valence-corrected chi connectivity index (χ2v) is 6.15. The fourth-order valence-corrected chi connectivity index (χ4v) is 3.03. The third-order valence-corrected chi connectivity index (χ3v) is 4.18. The third-order valence-electron chi connectivity index (χ3n) is 3.15. The second-order valence-electron chi connectivity index (χ2n) is 4.52. The molecule has 0 fully saturated rings. The van der Waals surface area contributed by atoms with Gasteiger partial charge in [-0.2, -0.15) is 0 Å². The summed E-state index contributed by atoms with van der Waals surface area (Å²) < 4.78 is 15.8. The second kappa shape index (κ2) is 5.50. The van der Waals surface area contributed by atoms with Crippen molar-refractivity contribution in [2.75, 3.05) is 0 Å². The van der Waals surface area contributed by atoms with Crippen LogP contribution in [0.4, 0.5) is 4.39 Å². The van der Waals surface area contributed by atoms with Crippen LogP contribution >= 0.6 is 22.9 Å². The van der Waals surface area contributed by atoms with E-state index in [9.17, 15) is 4.39 Å². The number of hydrogen-bond acceptors (Lipinski definition) is 3. The zero-order valence-corrected chi connectivity index (χ0v) is 12.5. The molecule has 0 N–H and O–H groups in total. The minimum absolute atomic E-state index is 0.266. The van der Waals surface area contributed by atoms with Gasteiger partial charge >= 0.3 is 0 Å². The minimum Gasteiger partial charge on any atom is -0.326 e. The lowest BCUT2D eigenvalue weighted by atomic mass is 10.3. The molecular formula is C14H13ClFN3S. The zero-order valence-electron chi connectivity index (χ0n) is 10.9. The molecule has 0 amide bonds. The highest BCUT2D eigenvalue weighted by Crippen LogP contribution is 2.26. The topological polar surface area (TPSA) is 30.7 Å². The smallest absolute Gasteiger partial charge is 0.151 e. The van der Waals surface area contributed by atoms with Crippen molar-refractivity contribution in [3.63, 3.8) is 0 Å². The Morgan fingerprint density at radius 3 is 3.00 bits per heavy atom. The van der Waals surface area contributed by atoms with Gasteiger partial charge in [0.2, 0.25) is 0 Å². The lowest BCUT2D eigenvalue weighted by Crippen LogP contribution is -2.06. The molecule has 6 heteroatoms. The molecule has 0 saturated heterocycles. The van der Waals surface area contributed by atoms with E-state index >= 15 is 0 Å². The average Bonchev–Trinajstić information content (AvgIpc) is 3.03. The summed E-state index contributed by atoms with van der Waals surface area (Å²) in [4.78, 5) is 8.62. The number of aromatic nitrogens is 3. The van der Waals surface area contributed by atoms with Crippen molar-refractivity contribution in [2.24, 2.45) is 0 Å². The van der Waals surface area contributed by atoms with Crippen LogP contribution in [0.2, 0.25) is 0 Å². The first-order chi connectivity index (χ1) is 9.66. The molecule has 20 heavy (non-hydrogen) atoms. The quantitative estimate of drug-likeness (QED) is 0.677. The van der Waals surface area contributed by atoms with Gasteiger partial charge in [-0.3, -0.25) is 0 Å². The van der Waals surface area contributed by atoms with Crippen LogP contribution in [0.3, 0.4) is 0 Å². The number of halogens is 2. The molecule has 0 saturated carbocycles. The van der Waals surface area contributed by atoms with Gasteiger partial charge in [-0.1, -0.05) is 6.07 Å². The van der Waals surface area contributed by atoms with Gasteiger partial charge in [-0.05, 0) is 19.1 Å². The van der Waals surface area contributed by atoms with Crippen LogP contribution in [-0.2, 0) is 13.0 Å². The lowest BCUT2D eigenvalue weighted by Gasteiger charge is -2.09. The van der Waals surface area contributed by atoms with Crippen molar-refractivity contribution in [2.45, 2.75) is 25.3 Å². The SMILES string of the molecule is CC(Cl)c1nc2c(F)cccc2n1CCc1nccs1. The number of rotatable bonds is 4. The average molecular weight is 310 g/mol. The molecule has 0 spiro atoms. The fraction of sp³-hybridized carbons (Fsp3) is 0.286. The van der Waals surface area contributed by atoms with Crippen molar-refractivity contribution in [3.8, 4) is 0 Å². The highest BCUT2D eigenvalue weighted by molar-refractivity contribution is 7.09. The number of hydrogen-bond donors (Lipinski definition) is 0. The van der Waals surface area contributed by atoms with Crippen LogP contribution < -0.4 is 0 Å². The van der Waals surface area contributed by atoms with E-state index in [0.717, 1.165) is 16.9 Å². The normalized spacial score (nSPS) is 12.9. The Morgan fingerprint density at radius 1 is 1.45 bits per heavy atom. The van der Waals surface area contributed by atoms with Gasteiger partial charge in [0.05, 0.1) is 15.9 Å². The molecule has 1 unspecified atom stereocenters. The van der Waals surface area contributed by atoms with E-state index < -0.39 is 0 Å². The Morgan fingerprint density at radius 2 is 2.30 bits per heavy atom. The summed E-state index contributed by atoms with van der Waals surface area (Å²) >= 11 is 7.79. The lowest BCUT2D eigenvalue weighted by molar-refractivity contribution is 0.637. The van der Waals surface area contributed by atoms with E-state index in [-0.39, 0.29) is 11.2 Å². The van der Waals surface area contributed by atoms with Crippen molar-refractivity contribution < 1.29 is 4.39 Å². The van der Waals surface area contributed by atoms with Crippen LogP contribution in [0.5, 0.6) is 0 Å². The van der Waals surface area contributed by atoms with Crippen molar-refractivity contribution >= 4 is 34.0 Å². The van der Waals surface area contributed by atoms with E-state index in [1.165, 1.54) is 6.07 Å². The maximum atomic E-state index is 13.8. The summed E-state index contributed by atoms with van der Waals surface area (Å²) in [7, 11) is 0. The van der Waals surface area contributed by atoms with Gasteiger partial charge < -0.3 is 4.57 Å². The molecule has 0 aliphatic rings. The number of fused-ring (bicyclic) bond motifs is 1. The first-order valence-corrected chi connectivity index (χ1v) is 7.65. The maximum Gasteiger partial charge on any atom is 0.151 e. The van der Waals surface area contributed by atoms with Gasteiger partial charge in [0.15, 0.2) is 5.82 Å². The van der Waals surface area contributed by atoms with Crippen molar-refractivity contribution in [1.29, 1.82) is 0 Å². The summed E-state index contributed by atoms with van der Waals surface area (Å²) in [5.74, 6) is 0.386. The number of aryl methyl sites for hydroxylation is 2. The van der Waals surface area contributed by atoms with Crippen molar-refractivity contribution in [1.82, 2.24) is 14.5 Å². The van der Waals surface area contributed by atoms with Gasteiger partial charge in [-0.15, -0.1) is 22.9 Å². The Balaban J connectivity index is 2.02. The first-order valence-electron chi connectivity index (χ1n) is 6.34. The maximum absolute atomic E-state index is 13.8. The number of nitrogens with zero attached hydrogens (tertiary/aromatic N) is 3. The van der Waals surface area contributed by atoms with Gasteiger partial charge in [-0.25, -0.2) is 14.4 Å². The Labute approximate surface area is 125 Å². The number of benzene rings is 1. The number of thiazole rings is 1. The zero-order chi connectivity index (χ0) is 14.1. The minimum atomic E-state index is -0.311. The number of imidazole rings is 1. The first kappa shape index (κ1) is 13.5. The molecule has 3 rings (SSSR count). The van der Waals surface area contributed by atoms with Gasteiger partial charge in [0, 0.05) is 24.5 Å². The van der Waals surface area contributed by atoms with E-state index in [1.807, 2.05) is 22.9 Å². The van der Waals surface area contributed by atoms with Crippen LogP contribution in [0, 0.1) is 5.82 Å². The molecular weight excluding hydrogens is 297 g/mol. The van der Waals surface area contributed by atoms with Crippen LogP contribution in [-0.4, -0.2) is 14.5 Å². The molecule has 0 aliphatic carbocycles. The molecule has 0 bridgehead atoms. The van der Waals surface area contributed by atoms with E-state index in [0.29, 0.717) is 17.9 Å². The molecule has 0 radical (unpaired) electrons. The summed E-state index contributed by atoms with van der Waals surface area (Å²) in [5, 5.41) is 2.74. The number of alkyl halides is 1. The third kappa shape index (κ3) is 2.43. The van der Waals surface area contributed by atoms with Crippen molar-refractivity contribution in [3.05, 3.63) is 46.4 Å². The van der Waals surface area contributed by atoms with Crippen LogP contribution in [0.1, 0.15) is 23.1 Å². The highest BCUT2D eigenvalue weighted by Gasteiger charge is 2.17. The van der Waals surface area contributed by atoms with E-state index in [1.54, 1.807) is 23.6 Å². The number of para-hydroxylation sites is 1. The molecule has 0 aliphatic heterocycles. The molecule has 104 valence electrons. The molecule has 2 aromatic heterocycles. The molecule has 2 heterocycles. The predicted octanol–water partition coefficient (Wildman–Crippen LogP) is 4.17. The Bertz CT molecular complexity index is 721. The van der Waals surface area contributed by atoms with Gasteiger partial charge in [0.25, 0.3) is 0 Å². The van der Waals surface area contributed by atoms with Gasteiger partial charge in [0.1, 0.15) is 11.3 Å². The molecule has 1 aromatic carbocycles. The standard InChI is InChI=1S/C14H13ClFN3S/c1-9(15)14-18-13-10(16)3-2-4-11(13)19(14)7-5-12-17-6-8-20-12/h2-4,6,8-9H,5,7H2,1H3. The predicted molar refractivity (Wildman–Crippen MR) is 79.8 cm³/mol. The monoisotopic (exact) mass is 309 g/mol. The Kier molecular flexibility index (Phi) is 3.72. The van der Waals surface area contributed by atoms with Crippen LogP contribution in [0.15, 0.2) is 29.8 Å². The van der Waals surface area contributed by atoms with Crippen LogP contribution in [0.25, 0.3) is 11.0 Å². The summed E-state index contributed by atoms with van der Waals surface area (Å²) in [6.45, 7) is 2.54. The molecule has 3 nitrogen and oxygen atoms in total. The summed E-state index contributed by atoms with van der Waals surface area (Å²) in [6, 6.07) is 4.99. The largest absolute Gasteiger partial charge is 0.326 e. The highest BCUT2D eigenvalue weighted by atomic mass is 35.5. The van der Waals surface area contributed by atoms with E-state index in [2.05, 4.69) is 9.97 Å². The molecule has 1 atom stereocenters. The Hall–Kier alpha value is -1.46. The summed E-state index contributed by atoms with van der Waals surface area (Å²) in [5.41, 5.74) is 1.16. The molecule has 3 aromatic rings. The summed E-state index contributed by atoms with van der Waals surface area (Å²) in [6.07, 6.45) is 2.58.